The second kappa shape index (κ2) is 5.66. The predicted molar refractivity (Wildman–Crippen MR) is 71.4 cm³/mol. The van der Waals surface area contributed by atoms with Crippen LogP contribution in [-0.2, 0) is 6.54 Å². The first-order valence-electron chi connectivity index (χ1n) is 5.55. The molecule has 0 saturated carbocycles. The lowest BCUT2D eigenvalue weighted by Gasteiger charge is -2.06. The van der Waals surface area contributed by atoms with Gasteiger partial charge in [0.05, 0.1) is 22.7 Å². The lowest BCUT2D eigenvalue weighted by atomic mass is 10.2. The fourth-order valence-electron chi connectivity index (χ4n) is 1.57. The van der Waals surface area contributed by atoms with Gasteiger partial charge in [0.25, 0.3) is 0 Å². The zero-order chi connectivity index (χ0) is 14.7. The third-order valence-corrected chi connectivity index (χ3v) is 2.89. The predicted octanol–water partition coefficient (Wildman–Crippen LogP) is 2.94. The van der Waals surface area contributed by atoms with E-state index in [2.05, 4.69) is 5.32 Å². The van der Waals surface area contributed by atoms with Gasteiger partial charge in [0.2, 0.25) is 0 Å². The average molecular weight is 296 g/mol. The maximum absolute atomic E-state index is 10.9. The highest BCUT2D eigenvalue weighted by Gasteiger charge is 2.11. The van der Waals surface area contributed by atoms with Gasteiger partial charge in [-0.2, -0.15) is 0 Å². The number of halogens is 1. The molecule has 3 N–H and O–H groups in total. The van der Waals surface area contributed by atoms with Crippen LogP contribution in [0.5, 0.6) is 0 Å². The van der Waals surface area contributed by atoms with Crippen LogP contribution in [0, 0.1) is 0 Å². The minimum Gasteiger partial charge on any atom is -0.478 e. The number of carboxylic acids is 2. The van der Waals surface area contributed by atoms with E-state index in [0.717, 1.165) is 6.26 Å². The Hall–Kier alpha value is -2.47. The number of rotatable bonds is 5. The summed E-state index contributed by atoms with van der Waals surface area (Å²) >= 11 is 5.75. The van der Waals surface area contributed by atoms with Crippen LogP contribution in [0.1, 0.15) is 26.5 Å². The van der Waals surface area contributed by atoms with E-state index in [1.54, 1.807) is 6.07 Å². The highest BCUT2D eigenvalue weighted by atomic mass is 35.5. The van der Waals surface area contributed by atoms with E-state index in [-0.39, 0.29) is 22.7 Å². The third kappa shape index (κ3) is 3.10. The normalized spacial score (nSPS) is 10.2. The molecular weight excluding hydrogens is 286 g/mol. The molecule has 1 aromatic heterocycles. The first kappa shape index (κ1) is 14.0. The molecule has 7 heteroatoms. The molecule has 0 fully saturated rings. The Bertz CT molecular complexity index is 665. The Labute approximate surface area is 118 Å². The Balaban J connectivity index is 2.08. The van der Waals surface area contributed by atoms with Crippen LogP contribution < -0.4 is 5.32 Å². The molecular formula is C13H10ClNO5. The minimum absolute atomic E-state index is 0.0117. The van der Waals surface area contributed by atoms with Gasteiger partial charge in [0, 0.05) is 5.69 Å². The van der Waals surface area contributed by atoms with Gasteiger partial charge in [-0.15, -0.1) is 0 Å². The summed E-state index contributed by atoms with van der Waals surface area (Å²) in [5, 5.41) is 20.8. The zero-order valence-electron chi connectivity index (χ0n) is 10.1. The van der Waals surface area contributed by atoms with E-state index in [0.29, 0.717) is 11.4 Å². The van der Waals surface area contributed by atoms with Gasteiger partial charge in [0.15, 0.2) is 0 Å². The number of nitrogens with one attached hydrogen (secondary N) is 1. The smallest absolute Gasteiger partial charge is 0.338 e. The van der Waals surface area contributed by atoms with E-state index in [9.17, 15) is 9.59 Å². The monoisotopic (exact) mass is 295 g/mol. The fraction of sp³-hybridized carbons (Fsp3) is 0.0769. The van der Waals surface area contributed by atoms with E-state index in [1.165, 1.54) is 18.2 Å². The van der Waals surface area contributed by atoms with Gasteiger partial charge < -0.3 is 19.9 Å². The Morgan fingerprint density at radius 1 is 1.20 bits per heavy atom. The second-order valence-corrected chi connectivity index (χ2v) is 4.37. The van der Waals surface area contributed by atoms with Gasteiger partial charge in [-0.25, -0.2) is 9.59 Å². The lowest BCUT2D eigenvalue weighted by molar-refractivity contribution is 0.0685. The van der Waals surface area contributed by atoms with Gasteiger partial charge in [-0.1, -0.05) is 11.6 Å². The summed E-state index contributed by atoms with van der Waals surface area (Å²) in [6.07, 6.45) is 1.14. The van der Waals surface area contributed by atoms with Gasteiger partial charge >= 0.3 is 11.9 Å². The van der Waals surface area contributed by atoms with Crippen LogP contribution in [0.2, 0.25) is 5.02 Å². The maximum Gasteiger partial charge on any atom is 0.338 e. The van der Waals surface area contributed by atoms with E-state index in [1.807, 2.05) is 0 Å². The van der Waals surface area contributed by atoms with Crippen molar-refractivity contribution in [3.05, 3.63) is 52.4 Å². The number of aromatic carboxylic acids is 2. The summed E-state index contributed by atoms with van der Waals surface area (Å²) in [6.45, 7) is 0.230. The highest BCUT2D eigenvalue weighted by molar-refractivity contribution is 6.33. The van der Waals surface area contributed by atoms with Crippen LogP contribution in [0.3, 0.4) is 0 Å². The molecule has 0 amide bonds. The van der Waals surface area contributed by atoms with E-state index < -0.39 is 11.9 Å². The number of benzene rings is 1. The number of anilines is 1. The molecule has 0 aliphatic heterocycles. The van der Waals surface area contributed by atoms with Crippen molar-refractivity contribution < 1.29 is 24.2 Å². The zero-order valence-corrected chi connectivity index (χ0v) is 10.8. The molecule has 6 nitrogen and oxygen atoms in total. The lowest BCUT2D eigenvalue weighted by Crippen LogP contribution is -2.02. The number of hydrogen-bond donors (Lipinski definition) is 3. The van der Waals surface area contributed by atoms with Crippen molar-refractivity contribution in [3.8, 4) is 0 Å². The number of carbonyl (C=O) groups is 2. The summed E-state index contributed by atoms with van der Waals surface area (Å²) in [4.78, 5) is 21.6. The molecule has 0 radical (unpaired) electrons. The first-order valence-corrected chi connectivity index (χ1v) is 5.92. The summed E-state index contributed by atoms with van der Waals surface area (Å²) < 4.78 is 5.06. The van der Waals surface area contributed by atoms with Gasteiger partial charge in [-0.3, -0.25) is 0 Å². The average Bonchev–Trinajstić information content (AvgIpc) is 2.86. The van der Waals surface area contributed by atoms with Crippen LogP contribution >= 0.6 is 11.6 Å². The Morgan fingerprint density at radius 2 is 1.95 bits per heavy atom. The van der Waals surface area contributed by atoms with Crippen LogP contribution in [0.15, 0.2) is 34.9 Å². The number of hydrogen-bond acceptors (Lipinski definition) is 4. The van der Waals surface area contributed by atoms with Crippen LogP contribution in [0.4, 0.5) is 5.69 Å². The van der Waals surface area contributed by atoms with Gasteiger partial charge in [0.1, 0.15) is 12.0 Å². The molecule has 0 bridgehead atoms. The quantitative estimate of drug-likeness (QED) is 0.784. The van der Waals surface area contributed by atoms with Crippen LogP contribution in [0.25, 0.3) is 0 Å². The van der Waals surface area contributed by atoms with Crippen molar-refractivity contribution in [1.82, 2.24) is 0 Å². The standard InChI is InChI=1S/C13H10ClNO5/c14-11-2-1-8(4-10(11)13(18)19)15-5-9-3-7(6-20-9)12(16)17/h1-4,6,15H,5H2,(H,16,17)(H,18,19). The molecule has 2 aromatic rings. The third-order valence-electron chi connectivity index (χ3n) is 2.56. The van der Waals surface area contributed by atoms with Crippen molar-refractivity contribution in [2.75, 3.05) is 5.32 Å². The van der Waals surface area contributed by atoms with Crippen LogP contribution in [-0.4, -0.2) is 22.2 Å². The van der Waals surface area contributed by atoms with Crippen molar-refractivity contribution >= 4 is 29.2 Å². The van der Waals surface area contributed by atoms with Crippen molar-refractivity contribution in [1.29, 1.82) is 0 Å². The van der Waals surface area contributed by atoms with Gasteiger partial charge in [-0.05, 0) is 24.3 Å². The molecule has 104 valence electrons. The first-order chi connectivity index (χ1) is 9.47. The minimum atomic E-state index is -1.12. The molecule has 0 unspecified atom stereocenters. The van der Waals surface area contributed by atoms with Crippen molar-refractivity contribution in [2.24, 2.45) is 0 Å². The molecule has 0 atom stereocenters. The highest BCUT2D eigenvalue weighted by Crippen LogP contribution is 2.21. The molecule has 0 spiro atoms. The maximum atomic E-state index is 10.9. The van der Waals surface area contributed by atoms with E-state index in [4.69, 9.17) is 26.2 Å². The summed E-state index contributed by atoms with van der Waals surface area (Å²) in [6, 6.07) is 5.88. The molecule has 2 rings (SSSR count). The summed E-state index contributed by atoms with van der Waals surface area (Å²) in [5.41, 5.74) is 0.589. The summed E-state index contributed by atoms with van der Waals surface area (Å²) in [5.74, 6) is -1.77. The fourth-order valence-corrected chi connectivity index (χ4v) is 1.77. The number of carboxylic acid groups (broad SMARTS) is 2. The molecule has 1 aromatic carbocycles. The Kier molecular flexibility index (Phi) is 3.95. The molecule has 20 heavy (non-hydrogen) atoms. The van der Waals surface area contributed by atoms with Crippen molar-refractivity contribution in [3.63, 3.8) is 0 Å². The molecule has 0 aliphatic rings. The molecule has 0 saturated heterocycles. The Morgan fingerprint density at radius 3 is 2.55 bits per heavy atom. The van der Waals surface area contributed by atoms with E-state index >= 15 is 0 Å². The topological polar surface area (TPSA) is 99.8 Å². The largest absolute Gasteiger partial charge is 0.478 e. The molecule has 1 heterocycles. The second-order valence-electron chi connectivity index (χ2n) is 3.96. The van der Waals surface area contributed by atoms with Crippen molar-refractivity contribution in [2.45, 2.75) is 6.54 Å². The number of furan rings is 1. The summed E-state index contributed by atoms with van der Waals surface area (Å²) in [7, 11) is 0. The SMILES string of the molecule is O=C(O)c1coc(CNc2ccc(Cl)c(C(=O)O)c2)c1. The molecule has 0 aliphatic carbocycles.